The van der Waals surface area contributed by atoms with Crippen molar-refractivity contribution in [2.75, 3.05) is 5.32 Å². The van der Waals surface area contributed by atoms with Crippen molar-refractivity contribution in [3.63, 3.8) is 0 Å². The molecule has 0 unspecified atom stereocenters. The molecule has 0 aromatic carbocycles. The molecule has 0 amide bonds. The molecule has 2 aromatic heterocycles. The molecule has 2 aromatic rings. The molecule has 0 saturated heterocycles. The molecule has 0 atom stereocenters. The Bertz CT molecular complexity index is 482. The number of hydrogen-bond donors (Lipinski definition) is 1. The third-order valence-corrected chi connectivity index (χ3v) is 2.37. The Balaban J connectivity index is 2.05. The molecule has 0 bridgehead atoms. The van der Waals surface area contributed by atoms with Crippen molar-refractivity contribution >= 4 is 5.82 Å². The van der Waals surface area contributed by atoms with Crippen LogP contribution in [0.5, 0.6) is 0 Å². The standard InChI is InChI=1S/C12H14N4/c1-9-7-13-5-3-11(9)8-15-12-4-6-14-10(2)16-12/h3-7H,8H2,1-2H3,(H,14,15,16). The van der Waals surface area contributed by atoms with Crippen LogP contribution in [0.3, 0.4) is 0 Å². The third kappa shape index (κ3) is 2.53. The Morgan fingerprint density at radius 1 is 1.19 bits per heavy atom. The van der Waals surface area contributed by atoms with E-state index in [4.69, 9.17) is 0 Å². The summed E-state index contributed by atoms with van der Waals surface area (Å²) in [7, 11) is 0. The van der Waals surface area contributed by atoms with Gasteiger partial charge >= 0.3 is 0 Å². The summed E-state index contributed by atoms with van der Waals surface area (Å²) in [5.74, 6) is 1.63. The zero-order chi connectivity index (χ0) is 11.4. The maximum Gasteiger partial charge on any atom is 0.129 e. The SMILES string of the molecule is Cc1nccc(NCc2ccncc2C)n1. The van der Waals surface area contributed by atoms with Crippen molar-refractivity contribution in [2.24, 2.45) is 0 Å². The van der Waals surface area contributed by atoms with Crippen LogP contribution in [-0.2, 0) is 6.54 Å². The maximum absolute atomic E-state index is 4.28. The van der Waals surface area contributed by atoms with E-state index >= 15 is 0 Å². The summed E-state index contributed by atoms with van der Waals surface area (Å²) in [6.07, 6.45) is 5.42. The molecule has 0 spiro atoms. The van der Waals surface area contributed by atoms with Crippen LogP contribution in [0, 0.1) is 13.8 Å². The van der Waals surface area contributed by atoms with E-state index in [2.05, 4.69) is 27.2 Å². The predicted molar refractivity (Wildman–Crippen MR) is 63.1 cm³/mol. The minimum absolute atomic E-state index is 0.755. The summed E-state index contributed by atoms with van der Waals surface area (Å²) in [5.41, 5.74) is 2.41. The first-order valence-electron chi connectivity index (χ1n) is 5.19. The van der Waals surface area contributed by atoms with Crippen LogP contribution in [-0.4, -0.2) is 15.0 Å². The highest BCUT2D eigenvalue weighted by atomic mass is 15.0. The van der Waals surface area contributed by atoms with Crippen molar-refractivity contribution in [1.82, 2.24) is 15.0 Å². The van der Waals surface area contributed by atoms with Crippen LogP contribution in [0.15, 0.2) is 30.7 Å². The van der Waals surface area contributed by atoms with Gasteiger partial charge in [-0.3, -0.25) is 4.98 Å². The van der Waals surface area contributed by atoms with E-state index in [0.29, 0.717) is 0 Å². The van der Waals surface area contributed by atoms with Gasteiger partial charge in [-0.25, -0.2) is 9.97 Å². The lowest BCUT2D eigenvalue weighted by molar-refractivity contribution is 1.01. The number of hydrogen-bond acceptors (Lipinski definition) is 4. The molecule has 0 aliphatic carbocycles. The Morgan fingerprint density at radius 3 is 2.81 bits per heavy atom. The number of pyridine rings is 1. The van der Waals surface area contributed by atoms with Crippen LogP contribution < -0.4 is 5.32 Å². The van der Waals surface area contributed by atoms with Crippen LogP contribution in [0.1, 0.15) is 17.0 Å². The fourth-order valence-corrected chi connectivity index (χ4v) is 1.44. The lowest BCUT2D eigenvalue weighted by Crippen LogP contribution is -2.04. The number of rotatable bonds is 3. The lowest BCUT2D eigenvalue weighted by Gasteiger charge is -2.07. The average Bonchev–Trinajstić information content (AvgIpc) is 2.28. The highest BCUT2D eigenvalue weighted by Crippen LogP contribution is 2.08. The second kappa shape index (κ2) is 4.70. The van der Waals surface area contributed by atoms with Crippen LogP contribution in [0.2, 0.25) is 0 Å². The van der Waals surface area contributed by atoms with E-state index in [1.54, 1.807) is 12.4 Å². The van der Waals surface area contributed by atoms with Gasteiger partial charge in [0.25, 0.3) is 0 Å². The minimum atomic E-state index is 0.755. The molecule has 4 heteroatoms. The maximum atomic E-state index is 4.28. The molecule has 4 nitrogen and oxygen atoms in total. The van der Waals surface area contributed by atoms with Gasteiger partial charge in [-0.2, -0.15) is 0 Å². The Morgan fingerprint density at radius 2 is 2.06 bits per heavy atom. The molecule has 82 valence electrons. The number of anilines is 1. The van der Waals surface area contributed by atoms with Gasteiger partial charge < -0.3 is 5.32 Å². The molecule has 2 rings (SSSR count). The third-order valence-electron chi connectivity index (χ3n) is 2.37. The van der Waals surface area contributed by atoms with Gasteiger partial charge in [0.15, 0.2) is 0 Å². The highest BCUT2D eigenvalue weighted by molar-refractivity contribution is 5.35. The van der Waals surface area contributed by atoms with Gasteiger partial charge in [-0.1, -0.05) is 0 Å². The minimum Gasteiger partial charge on any atom is -0.366 e. The molecule has 0 aliphatic rings. The van der Waals surface area contributed by atoms with Gasteiger partial charge in [-0.05, 0) is 37.1 Å². The number of aromatic nitrogens is 3. The molecule has 0 aliphatic heterocycles. The zero-order valence-electron chi connectivity index (χ0n) is 9.44. The van der Waals surface area contributed by atoms with E-state index in [1.807, 2.05) is 25.3 Å². The van der Waals surface area contributed by atoms with Gasteiger partial charge in [0.1, 0.15) is 11.6 Å². The Hall–Kier alpha value is -1.97. The summed E-state index contributed by atoms with van der Waals surface area (Å²) >= 11 is 0. The summed E-state index contributed by atoms with van der Waals surface area (Å²) in [6.45, 7) is 4.68. The quantitative estimate of drug-likeness (QED) is 0.850. The van der Waals surface area contributed by atoms with Crippen molar-refractivity contribution in [3.8, 4) is 0 Å². The average molecular weight is 214 g/mol. The smallest absolute Gasteiger partial charge is 0.129 e. The second-order valence-electron chi connectivity index (χ2n) is 3.64. The van der Waals surface area contributed by atoms with Crippen LogP contribution >= 0.6 is 0 Å². The molecular weight excluding hydrogens is 200 g/mol. The van der Waals surface area contributed by atoms with Gasteiger partial charge in [-0.15, -0.1) is 0 Å². The largest absolute Gasteiger partial charge is 0.366 e. The summed E-state index contributed by atoms with van der Waals surface area (Å²) < 4.78 is 0. The molecule has 0 radical (unpaired) electrons. The number of aryl methyl sites for hydroxylation is 2. The number of nitrogens with zero attached hydrogens (tertiary/aromatic N) is 3. The molecule has 2 heterocycles. The molecule has 1 N–H and O–H groups in total. The van der Waals surface area contributed by atoms with E-state index in [-0.39, 0.29) is 0 Å². The number of nitrogens with one attached hydrogen (secondary N) is 1. The first-order valence-corrected chi connectivity index (χ1v) is 5.19. The first kappa shape index (κ1) is 10.5. The van der Waals surface area contributed by atoms with Crippen molar-refractivity contribution in [1.29, 1.82) is 0 Å². The fourth-order valence-electron chi connectivity index (χ4n) is 1.44. The summed E-state index contributed by atoms with van der Waals surface area (Å²) in [4.78, 5) is 12.4. The topological polar surface area (TPSA) is 50.7 Å². The van der Waals surface area contributed by atoms with E-state index in [9.17, 15) is 0 Å². The van der Waals surface area contributed by atoms with Crippen LogP contribution in [0.4, 0.5) is 5.82 Å². The first-order chi connectivity index (χ1) is 7.75. The Labute approximate surface area is 94.8 Å². The molecule has 0 saturated carbocycles. The van der Waals surface area contributed by atoms with Crippen molar-refractivity contribution in [3.05, 3.63) is 47.7 Å². The van der Waals surface area contributed by atoms with Crippen molar-refractivity contribution < 1.29 is 0 Å². The van der Waals surface area contributed by atoms with Crippen molar-refractivity contribution in [2.45, 2.75) is 20.4 Å². The van der Waals surface area contributed by atoms with E-state index in [1.165, 1.54) is 11.1 Å². The summed E-state index contributed by atoms with van der Waals surface area (Å²) in [6, 6.07) is 3.87. The summed E-state index contributed by atoms with van der Waals surface area (Å²) in [5, 5.41) is 3.26. The second-order valence-corrected chi connectivity index (χ2v) is 3.64. The molecule has 0 fully saturated rings. The molecule has 16 heavy (non-hydrogen) atoms. The molecular formula is C12H14N4. The van der Waals surface area contributed by atoms with Crippen LogP contribution in [0.25, 0.3) is 0 Å². The van der Waals surface area contributed by atoms with E-state index in [0.717, 1.165) is 18.2 Å². The van der Waals surface area contributed by atoms with E-state index < -0.39 is 0 Å². The monoisotopic (exact) mass is 214 g/mol. The normalized spacial score (nSPS) is 10.1. The fraction of sp³-hybridized carbons (Fsp3) is 0.250. The zero-order valence-corrected chi connectivity index (χ0v) is 9.44. The lowest BCUT2D eigenvalue weighted by atomic mass is 10.1. The van der Waals surface area contributed by atoms with Gasteiger partial charge in [0.05, 0.1) is 0 Å². The van der Waals surface area contributed by atoms with Gasteiger partial charge in [0, 0.05) is 25.1 Å². The van der Waals surface area contributed by atoms with Gasteiger partial charge in [0.2, 0.25) is 0 Å². The highest BCUT2D eigenvalue weighted by Gasteiger charge is 1.98. The Kier molecular flexibility index (Phi) is 3.10. The predicted octanol–water partition coefficient (Wildman–Crippen LogP) is 2.10.